The van der Waals surface area contributed by atoms with Gasteiger partial charge in [-0.05, 0) is 29.7 Å². The monoisotopic (exact) mass is 418 g/mol. The number of aromatic nitrogens is 2. The molecule has 1 atom stereocenters. The zero-order valence-electron chi connectivity index (χ0n) is 17.5. The third-order valence-corrected chi connectivity index (χ3v) is 5.68. The number of aromatic amines is 2. The van der Waals surface area contributed by atoms with Crippen molar-refractivity contribution >= 4 is 17.5 Å². The number of nitrogens with one attached hydrogen (secondary N) is 2. The van der Waals surface area contributed by atoms with Crippen molar-refractivity contribution in [1.82, 2.24) is 15.1 Å². The van der Waals surface area contributed by atoms with Gasteiger partial charge < -0.3 is 9.80 Å². The summed E-state index contributed by atoms with van der Waals surface area (Å²) < 4.78 is 0. The molecule has 7 heteroatoms. The topological polar surface area (TPSA) is 89.3 Å². The minimum absolute atomic E-state index is 0.0179. The molecule has 1 aliphatic heterocycles. The van der Waals surface area contributed by atoms with E-state index in [0.717, 1.165) is 36.1 Å². The molecule has 0 bridgehead atoms. The molecule has 2 heterocycles. The van der Waals surface area contributed by atoms with E-state index in [4.69, 9.17) is 0 Å². The fraction of sp³-hybridized carbons (Fsp3) is 0.292. The second-order valence-corrected chi connectivity index (χ2v) is 7.82. The van der Waals surface area contributed by atoms with Crippen molar-refractivity contribution in [3.63, 3.8) is 0 Å². The zero-order valence-corrected chi connectivity index (χ0v) is 17.5. The van der Waals surface area contributed by atoms with Gasteiger partial charge in [-0.2, -0.15) is 0 Å². The second-order valence-electron chi connectivity index (χ2n) is 7.82. The summed E-state index contributed by atoms with van der Waals surface area (Å²) >= 11 is 0. The fourth-order valence-electron chi connectivity index (χ4n) is 4.03. The van der Waals surface area contributed by atoms with Gasteiger partial charge in [-0.15, -0.1) is 0 Å². The lowest BCUT2D eigenvalue weighted by Crippen LogP contribution is -2.58. The second kappa shape index (κ2) is 9.04. The molecule has 1 unspecified atom stereocenters. The van der Waals surface area contributed by atoms with Gasteiger partial charge in [0.2, 0.25) is 5.91 Å². The van der Waals surface area contributed by atoms with Gasteiger partial charge in [-0.3, -0.25) is 24.6 Å². The fourth-order valence-corrected chi connectivity index (χ4v) is 4.03. The van der Waals surface area contributed by atoms with Crippen molar-refractivity contribution in [2.75, 3.05) is 18.0 Å². The number of benzene rings is 2. The molecule has 0 aliphatic carbocycles. The van der Waals surface area contributed by atoms with Gasteiger partial charge >= 0.3 is 0 Å². The molecule has 4 rings (SSSR count). The van der Waals surface area contributed by atoms with E-state index in [2.05, 4.69) is 17.1 Å². The van der Waals surface area contributed by atoms with Crippen LogP contribution in [-0.2, 0) is 4.79 Å². The summed E-state index contributed by atoms with van der Waals surface area (Å²) in [6, 6.07) is 19.1. The summed E-state index contributed by atoms with van der Waals surface area (Å²) in [5, 5.41) is 5.00. The summed E-state index contributed by atoms with van der Waals surface area (Å²) in [7, 11) is 0. The Kier molecular flexibility index (Phi) is 6.02. The van der Waals surface area contributed by atoms with Gasteiger partial charge in [-0.1, -0.05) is 62.2 Å². The van der Waals surface area contributed by atoms with Crippen molar-refractivity contribution in [3.8, 4) is 11.1 Å². The molecule has 0 spiro atoms. The van der Waals surface area contributed by atoms with E-state index in [1.54, 1.807) is 9.80 Å². The van der Waals surface area contributed by atoms with Crippen LogP contribution in [-0.4, -0.2) is 46.0 Å². The van der Waals surface area contributed by atoms with Crippen molar-refractivity contribution in [2.24, 2.45) is 0 Å². The predicted octanol–water partition coefficient (Wildman–Crippen LogP) is 3.42. The highest BCUT2D eigenvalue weighted by atomic mass is 16.2. The quantitative estimate of drug-likeness (QED) is 0.643. The number of nitrogens with zero attached hydrogens (tertiary/aromatic N) is 2. The third-order valence-electron chi connectivity index (χ3n) is 5.68. The molecule has 7 nitrogen and oxygen atoms in total. The maximum Gasteiger partial charge on any atom is 0.272 e. The molecule has 0 saturated carbocycles. The van der Waals surface area contributed by atoms with Gasteiger partial charge in [0, 0.05) is 18.3 Å². The van der Waals surface area contributed by atoms with Gasteiger partial charge in [0.25, 0.3) is 11.5 Å². The van der Waals surface area contributed by atoms with Crippen molar-refractivity contribution in [2.45, 2.75) is 32.2 Å². The number of rotatable bonds is 6. The maximum atomic E-state index is 13.1. The Hall–Kier alpha value is -3.61. The summed E-state index contributed by atoms with van der Waals surface area (Å²) in [4.78, 5) is 40.9. The summed E-state index contributed by atoms with van der Waals surface area (Å²) in [5.41, 5.74) is 2.77. The number of H-pyrrole nitrogens is 2. The number of carbonyl (C=O) groups excluding carboxylic acids is 2. The minimum Gasteiger partial charge on any atom is -0.323 e. The van der Waals surface area contributed by atoms with E-state index in [1.165, 1.54) is 6.07 Å². The normalized spacial score (nSPS) is 16.5. The lowest BCUT2D eigenvalue weighted by molar-refractivity contribution is -0.121. The van der Waals surface area contributed by atoms with Crippen molar-refractivity contribution < 1.29 is 9.59 Å². The molecule has 160 valence electrons. The number of piperazine rings is 1. The first-order valence-corrected chi connectivity index (χ1v) is 10.6. The number of amides is 2. The van der Waals surface area contributed by atoms with Gasteiger partial charge in [0.05, 0.1) is 6.04 Å². The first-order chi connectivity index (χ1) is 15.1. The van der Waals surface area contributed by atoms with Crippen LogP contribution < -0.4 is 10.5 Å². The van der Waals surface area contributed by atoms with Gasteiger partial charge in [0.15, 0.2) is 0 Å². The predicted molar refractivity (Wildman–Crippen MR) is 120 cm³/mol. The number of anilines is 1. The maximum absolute atomic E-state index is 13.1. The summed E-state index contributed by atoms with van der Waals surface area (Å²) in [6.07, 6.45) is 2.74. The largest absolute Gasteiger partial charge is 0.323 e. The van der Waals surface area contributed by atoms with Crippen molar-refractivity contribution in [3.05, 3.63) is 76.7 Å². The van der Waals surface area contributed by atoms with Gasteiger partial charge in [0.1, 0.15) is 12.2 Å². The SMILES string of the molecule is CCCCC1CN(c2cccc(-c3ccccc3)c2)C(=O)CN1C(=O)c1cc(=O)[nH][nH]1. The number of hydrogen-bond donors (Lipinski definition) is 2. The first-order valence-electron chi connectivity index (χ1n) is 10.6. The molecule has 0 radical (unpaired) electrons. The van der Waals surface area contributed by atoms with Crippen LogP contribution in [0.2, 0.25) is 0 Å². The first kappa shape index (κ1) is 20.7. The minimum atomic E-state index is -0.365. The highest BCUT2D eigenvalue weighted by molar-refractivity contribution is 6.01. The van der Waals surface area contributed by atoms with E-state index in [9.17, 15) is 14.4 Å². The highest BCUT2D eigenvalue weighted by Gasteiger charge is 2.36. The number of hydrogen-bond acceptors (Lipinski definition) is 3. The molecular formula is C24H26N4O3. The average molecular weight is 418 g/mol. The average Bonchev–Trinajstić information content (AvgIpc) is 3.24. The number of carbonyl (C=O) groups is 2. The van der Waals surface area contributed by atoms with E-state index in [0.29, 0.717) is 6.54 Å². The van der Waals surface area contributed by atoms with Crippen LogP contribution in [0.5, 0.6) is 0 Å². The highest BCUT2D eigenvalue weighted by Crippen LogP contribution is 2.28. The molecule has 1 aromatic heterocycles. The van der Waals surface area contributed by atoms with Crippen molar-refractivity contribution in [1.29, 1.82) is 0 Å². The Morgan fingerprint density at radius 2 is 1.77 bits per heavy atom. The molecule has 2 amide bonds. The van der Waals surface area contributed by atoms with Crippen LogP contribution in [0, 0.1) is 0 Å². The Bertz CT molecular complexity index is 1120. The summed E-state index contributed by atoms with van der Waals surface area (Å²) in [5.74, 6) is -0.463. The third kappa shape index (κ3) is 4.45. The van der Waals surface area contributed by atoms with Crippen LogP contribution in [0.3, 0.4) is 0 Å². The molecule has 1 fully saturated rings. The molecule has 3 aromatic rings. The molecule has 2 aromatic carbocycles. The van der Waals surface area contributed by atoms with Crippen LogP contribution in [0.4, 0.5) is 5.69 Å². The smallest absolute Gasteiger partial charge is 0.272 e. The number of unbranched alkanes of at least 4 members (excludes halogenated alkanes) is 1. The van der Waals surface area contributed by atoms with E-state index < -0.39 is 0 Å². The Labute approximate surface area is 180 Å². The van der Waals surface area contributed by atoms with E-state index in [1.807, 2.05) is 54.6 Å². The van der Waals surface area contributed by atoms with Gasteiger partial charge in [-0.25, -0.2) is 0 Å². The lowest BCUT2D eigenvalue weighted by Gasteiger charge is -2.41. The molecular weight excluding hydrogens is 392 g/mol. The van der Waals surface area contributed by atoms with Crippen LogP contribution >= 0.6 is 0 Å². The molecule has 2 N–H and O–H groups in total. The summed E-state index contributed by atoms with van der Waals surface area (Å²) in [6.45, 7) is 2.51. The van der Waals surface area contributed by atoms with E-state index >= 15 is 0 Å². The zero-order chi connectivity index (χ0) is 21.8. The molecule has 31 heavy (non-hydrogen) atoms. The van der Waals surface area contributed by atoms with Crippen LogP contribution in [0.25, 0.3) is 11.1 Å². The molecule has 1 saturated heterocycles. The van der Waals surface area contributed by atoms with Crippen LogP contribution in [0.1, 0.15) is 36.7 Å². The van der Waals surface area contributed by atoms with Crippen LogP contribution in [0.15, 0.2) is 65.5 Å². The Morgan fingerprint density at radius 1 is 1.00 bits per heavy atom. The molecule has 1 aliphatic rings. The Morgan fingerprint density at radius 3 is 2.48 bits per heavy atom. The standard InChI is InChI=1S/C24H26N4O3/c1-2-3-11-20-15-27(19-12-7-10-18(13-19)17-8-5-4-6-9-17)23(30)16-28(20)24(31)21-14-22(29)26-25-21/h4-10,12-14,20H,2-3,11,15-16H2,1H3,(H2,25,26,29). The van der Waals surface area contributed by atoms with E-state index in [-0.39, 0.29) is 35.7 Å². The lowest BCUT2D eigenvalue weighted by atomic mass is 10.0. The Balaban J connectivity index is 1.60.